The van der Waals surface area contributed by atoms with Crippen molar-refractivity contribution in [3.05, 3.63) is 33.9 Å². The maximum Gasteiger partial charge on any atom is 0.417 e. The minimum absolute atomic E-state index is 0.550. The second-order valence-electron chi connectivity index (χ2n) is 5.38. The van der Waals surface area contributed by atoms with Gasteiger partial charge in [-0.2, -0.15) is 52.7 Å². The van der Waals surface area contributed by atoms with Gasteiger partial charge in [0.05, 0.1) is 22.3 Å². The molecule has 156 valence electrons. The summed E-state index contributed by atoms with van der Waals surface area (Å²) in [4.78, 5) is 0. The van der Waals surface area contributed by atoms with Crippen molar-refractivity contribution in [3.8, 4) is 0 Å². The van der Waals surface area contributed by atoms with Crippen LogP contribution in [0.1, 0.15) is 47.2 Å². The Labute approximate surface area is 144 Å². The van der Waals surface area contributed by atoms with Crippen LogP contribution in [0.3, 0.4) is 0 Å². The molecule has 1 atom stereocenters. The van der Waals surface area contributed by atoms with Crippen LogP contribution in [0.25, 0.3) is 0 Å². The number of hydrogen-bond acceptors (Lipinski definition) is 1. The summed E-state index contributed by atoms with van der Waals surface area (Å²) in [5, 5.41) is 1.98. The summed E-state index contributed by atoms with van der Waals surface area (Å²) in [6.45, 7) is 1.06. The van der Waals surface area contributed by atoms with E-state index in [1.165, 1.54) is 0 Å². The van der Waals surface area contributed by atoms with Crippen molar-refractivity contribution in [2.75, 3.05) is 7.05 Å². The number of nitrogens with one attached hydrogen (secondary N) is 1. The highest BCUT2D eigenvalue weighted by molar-refractivity contribution is 5.52. The second-order valence-corrected chi connectivity index (χ2v) is 5.38. The number of hydrogen-bond donors (Lipinski definition) is 1. The summed E-state index contributed by atoms with van der Waals surface area (Å²) < 4.78 is 158. The predicted molar refractivity (Wildman–Crippen MR) is 68.5 cm³/mol. The first-order valence-electron chi connectivity index (χ1n) is 7.04. The van der Waals surface area contributed by atoms with E-state index in [1.807, 2.05) is 5.32 Å². The summed E-state index contributed by atoms with van der Waals surface area (Å²) in [5.41, 5.74) is -13.6. The minimum Gasteiger partial charge on any atom is -0.313 e. The smallest absolute Gasteiger partial charge is 0.313 e. The molecule has 0 radical (unpaired) electrons. The molecule has 0 heterocycles. The number of benzene rings is 1. The van der Waals surface area contributed by atoms with Gasteiger partial charge in [-0.1, -0.05) is 6.92 Å². The van der Waals surface area contributed by atoms with Gasteiger partial charge >= 0.3 is 24.7 Å². The SMILES string of the molecule is CCC(NC)c1c(C(F)(F)F)cc(C(F)(F)F)c(C(F)(F)F)c1C(F)(F)F. The van der Waals surface area contributed by atoms with Crippen molar-refractivity contribution in [1.82, 2.24) is 5.32 Å². The van der Waals surface area contributed by atoms with E-state index in [9.17, 15) is 52.7 Å². The topological polar surface area (TPSA) is 12.0 Å². The molecule has 1 rings (SSSR count). The molecule has 13 heteroatoms. The highest BCUT2D eigenvalue weighted by Crippen LogP contribution is 2.52. The van der Waals surface area contributed by atoms with Crippen LogP contribution < -0.4 is 5.32 Å². The summed E-state index contributed by atoms with van der Waals surface area (Å²) in [5.74, 6) is 0. The van der Waals surface area contributed by atoms with Gasteiger partial charge in [0, 0.05) is 6.04 Å². The largest absolute Gasteiger partial charge is 0.417 e. The van der Waals surface area contributed by atoms with Crippen LogP contribution in [0.2, 0.25) is 0 Å². The van der Waals surface area contributed by atoms with Crippen molar-refractivity contribution >= 4 is 0 Å². The monoisotopic (exact) mass is 421 g/mol. The number of rotatable bonds is 3. The molecule has 1 aromatic carbocycles. The molecule has 27 heavy (non-hydrogen) atoms. The fourth-order valence-electron chi connectivity index (χ4n) is 2.66. The second kappa shape index (κ2) is 7.06. The van der Waals surface area contributed by atoms with E-state index < -0.39 is 71.1 Å². The molecule has 0 saturated heterocycles. The summed E-state index contributed by atoms with van der Waals surface area (Å²) in [7, 11) is 0.874. The third-order valence-electron chi connectivity index (χ3n) is 3.65. The molecule has 0 saturated carbocycles. The van der Waals surface area contributed by atoms with E-state index >= 15 is 0 Å². The first kappa shape index (κ1) is 23.4. The molecule has 0 aliphatic carbocycles. The Hall–Kier alpha value is -1.66. The van der Waals surface area contributed by atoms with Crippen LogP contribution in [-0.2, 0) is 24.7 Å². The lowest BCUT2D eigenvalue weighted by atomic mass is 9.85. The molecule has 0 fully saturated rings. The molecular weight excluding hydrogens is 410 g/mol. The van der Waals surface area contributed by atoms with Gasteiger partial charge in [0.15, 0.2) is 0 Å². The van der Waals surface area contributed by atoms with Crippen molar-refractivity contribution in [3.63, 3.8) is 0 Å². The van der Waals surface area contributed by atoms with Crippen molar-refractivity contribution in [2.45, 2.75) is 44.1 Å². The maximum atomic E-state index is 13.3. The van der Waals surface area contributed by atoms with E-state index in [1.54, 1.807) is 0 Å². The highest BCUT2D eigenvalue weighted by Gasteiger charge is 2.54. The first-order valence-corrected chi connectivity index (χ1v) is 7.04. The molecule has 0 spiro atoms. The van der Waals surface area contributed by atoms with Crippen LogP contribution in [0.5, 0.6) is 0 Å². The summed E-state index contributed by atoms with van der Waals surface area (Å²) in [6, 6.07) is -2.85. The maximum absolute atomic E-state index is 13.3. The van der Waals surface area contributed by atoms with Gasteiger partial charge < -0.3 is 5.32 Å². The summed E-state index contributed by atoms with van der Waals surface area (Å²) >= 11 is 0. The lowest BCUT2D eigenvalue weighted by molar-refractivity contribution is -0.177. The fourth-order valence-corrected chi connectivity index (χ4v) is 2.66. The van der Waals surface area contributed by atoms with Crippen LogP contribution in [0.15, 0.2) is 6.07 Å². The number of alkyl halides is 12. The Morgan fingerprint density at radius 2 is 1.11 bits per heavy atom. The summed E-state index contributed by atoms with van der Waals surface area (Å²) in [6.07, 6.45) is -24.8. The molecule has 0 amide bonds. The quantitative estimate of drug-likeness (QED) is 0.555. The average Bonchev–Trinajstić information content (AvgIpc) is 2.43. The van der Waals surface area contributed by atoms with Gasteiger partial charge in [-0.05, 0) is 25.1 Å². The van der Waals surface area contributed by atoms with Crippen molar-refractivity contribution in [1.29, 1.82) is 0 Å². The normalized spacial score (nSPS) is 15.2. The van der Waals surface area contributed by atoms with Crippen LogP contribution in [-0.4, -0.2) is 7.05 Å². The standard InChI is InChI=1S/C14H11F12N/c1-3-7(27-2)8-5(11(15,16)17)4-6(12(18,19)20)9(13(21,22)23)10(8)14(24,25)26/h4,7,27H,3H2,1-2H3. The first-order chi connectivity index (χ1) is 11.9. The molecule has 0 aliphatic heterocycles. The molecule has 0 aromatic heterocycles. The molecule has 1 nitrogen and oxygen atoms in total. The van der Waals surface area contributed by atoms with E-state index in [-0.39, 0.29) is 0 Å². The molecule has 1 N–H and O–H groups in total. The molecule has 0 bridgehead atoms. The van der Waals surface area contributed by atoms with E-state index in [0.717, 1.165) is 14.0 Å². The Balaban J connectivity index is 4.36. The molecule has 1 unspecified atom stereocenters. The third kappa shape index (κ3) is 4.79. The Morgan fingerprint density at radius 1 is 0.704 bits per heavy atom. The van der Waals surface area contributed by atoms with Gasteiger partial charge in [-0.25, -0.2) is 0 Å². The molecule has 0 aliphatic rings. The third-order valence-corrected chi connectivity index (χ3v) is 3.65. The zero-order valence-electron chi connectivity index (χ0n) is 13.4. The van der Waals surface area contributed by atoms with Crippen LogP contribution in [0, 0.1) is 0 Å². The fraction of sp³-hybridized carbons (Fsp3) is 0.571. The Morgan fingerprint density at radius 3 is 1.37 bits per heavy atom. The van der Waals surface area contributed by atoms with Crippen molar-refractivity contribution < 1.29 is 52.7 Å². The zero-order valence-corrected chi connectivity index (χ0v) is 13.4. The zero-order chi connectivity index (χ0) is 21.6. The van der Waals surface area contributed by atoms with Crippen molar-refractivity contribution in [2.24, 2.45) is 0 Å². The van der Waals surface area contributed by atoms with E-state index in [2.05, 4.69) is 0 Å². The van der Waals surface area contributed by atoms with Gasteiger partial charge in [-0.3, -0.25) is 0 Å². The Kier molecular flexibility index (Phi) is 6.11. The lowest BCUT2D eigenvalue weighted by Crippen LogP contribution is -2.31. The molecule has 1 aromatic rings. The molecular formula is C14H11F12N. The lowest BCUT2D eigenvalue weighted by Gasteiger charge is -2.29. The van der Waals surface area contributed by atoms with E-state index in [0.29, 0.717) is 0 Å². The number of halogens is 12. The van der Waals surface area contributed by atoms with Crippen LogP contribution >= 0.6 is 0 Å². The minimum atomic E-state index is -6.21. The predicted octanol–water partition coefficient (Wildman–Crippen LogP) is 6.43. The van der Waals surface area contributed by atoms with Gasteiger partial charge in [0.2, 0.25) is 0 Å². The van der Waals surface area contributed by atoms with Gasteiger partial charge in [-0.15, -0.1) is 0 Å². The van der Waals surface area contributed by atoms with Gasteiger partial charge in [0.1, 0.15) is 0 Å². The highest BCUT2D eigenvalue weighted by atomic mass is 19.4. The van der Waals surface area contributed by atoms with E-state index in [4.69, 9.17) is 0 Å². The Bertz CT molecular complexity index is 674. The van der Waals surface area contributed by atoms with Gasteiger partial charge in [0.25, 0.3) is 0 Å². The average molecular weight is 421 g/mol. The van der Waals surface area contributed by atoms with Crippen LogP contribution in [0.4, 0.5) is 52.7 Å².